The highest BCUT2D eigenvalue weighted by Crippen LogP contribution is 2.34. The quantitative estimate of drug-likeness (QED) is 0.321. The van der Waals surface area contributed by atoms with Gasteiger partial charge in [-0.05, 0) is 67.1 Å². The number of carbonyl (C=O) groups excluding carboxylic acids is 1. The van der Waals surface area contributed by atoms with Crippen LogP contribution >= 0.6 is 11.8 Å². The fourth-order valence-corrected chi connectivity index (χ4v) is 5.10. The number of aryl methyl sites for hydroxylation is 1. The maximum absolute atomic E-state index is 12.8. The molecule has 7 nitrogen and oxygen atoms in total. The first-order valence-corrected chi connectivity index (χ1v) is 13.2. The van der Waals surface area contributed by atoms with Crippen molar-refractivity contribution in [2.24, 2.45) is 4.99 Å². The van der Waals surface area contributed by atoms with Crippen LogP contribution in [-0.4, -0.2) is 58.7 Å². The summed E-state index contributed by atoms with van der Waals surface area (Å²) >= 11 is 1.42. The van der Waals surface area contributed by atoms with Crippen molar-refractivity contribution in [3.63, 3.8) is 0 Å². The Morgan fingerprint density at radius 2 is 1.94 bits per heavy atom. The Hall–Kier alpha value is -3.36. The van der Waals surface area contributed by atoms with E-state index in [0.717, 1.165) is 64.9 Å². The van der Waals surface area contributed by atoms with Gasteiger partial charge in [-0.3, -0.25) is 4.79 Å². The van der Waals surface area contributed by atoms with Crippen LogP contribution in [0.4, 0.5) is 0 Å². The number of thioether (sulfide) groups is 1. The number of nitrogens with zero attached hydrogens (tertiary/aromatic N) is 4. The number of benzene rings is 2. The summed E-state index contributed by atoms with van der Waals surface area (Å²) in [5, 5.41) is 5.67. The molecule has 5 rings (SSSR count). The number of hydrogen-bond donors (Lipinski definition) is 0. The van der Waals surface area contributed by atoms with Gasteiger partial charge in [0.15, 0.2) is 5.17 Å². The minimum atomic E-state index is -0.212. The molecule has 1 saturated heterocycles. The molecule has 2 aromatic carbocycles. The summed E-state index contributed by atoms with van der Waals surface area (Å²) < 4.78 is 13.2. The number of unbranched alkanes of at least 4 members (excludes halogenated alkanes) is 1. The largest absolute Gasteiger partial charge is 0.493 e. The maximum atomic E-state index is 12.8. The van der Waals surface area contributed by atoms with E-state index in [9.17, 15) is 4.79 Å². The number of ether oxygens (including phenoxy) is 2. The lowest BCUT2D eigenvalue weighted by atomic mass is 10.0. The molecule has 2 aliphatic heterocycles. The van der Waals surface area contributed by atoms with Crippen LogP contribution in [0.15, 0.2) is 64.6 Å². The highest BCUT2D eigenvalue weighted by Gasteiger charge is 2.28. The molecule has 0 saturated carbocycles. The third kappa shape index (κ3) is 5.39. The zero-order chi connectivity index (χ0) is 24.9. The summed E-state index contributed by atoms with van der Waals surface area (Å²) in [7, 11) is 0. The van der Waals surface area contributed by atoms with Crippen molar-refractivity contribution in [3.8, 4) is 22.7 Å². The Balaban J connectivity index is 1.48. The molecule has 3 heterocycles. The van der Waals surface area contributed by atoms with Crippen LogP contribution in [0.3, 0.4) is 0 Å². The molecule has 186 valence electrons. The predicted octanol–water partition coefficient (Wildman–Crippen LogP) is 5.33. The second kappa shape index (κ2) is 11.1. The number of rotatable bonds is 7. The van der Waals surface area contributed by atoms with E-state index in [1.165, 1.54) is 11.8 Å². The average molecular weight is 503 g/mol. The van der Waals surface area contributed by atoms with Crippen LogP contribution < -0.4 is 4.74 Å². The monoisotopic (exact) mass is 502 g/mol. The van der Waals surface area contributed by atoms with Gasteiger partial charge in [0.2, 0.25) is 0 Å². The second-order valence-electron chi connectivity index (χ2n) is 8.81. The molecule has 0 aliphatic carbocycles. The summed E-state index contributed by atoms with van der Waals surface area (Å²) in [4.78, 5) is 19.8. The summed E-state index contributed by atoms with van der Waals surface area (Å²) in [6.45, 7) is 7.71. The normalized spacial score (nSPS) is 17.1. The summed E-state index contributed by atoms with van der Waals surface area (Å²) in [6, 6.07) is 16.1. The predicted molar refractivity (Wildman–Crippen MR) is 145 cm³/mol. The zero-order valence-corrected chi connectivity index (χ0v) is 21.5. The van der Waals surface area contributed by atoms with Crippen molar-refractivity contribution >= 4 is 28.9 Å². The summed E-state index contributed by atoms with van der Waals surface area (Å²) in [6.07, 6.45) is 6.01. The lowest BCUT2D eigenvalue weighted by Gasteiger charge is -2.27. The van der Waals surface area contributed by atoms with E-state index in [2.05, 4.69) is 29.8 Å². The van der Waals surface area contributed by atoms with Crippen LogP contribution in [0.25, 0.3) is 23.0 Å². The Bertz CT molecular complexity index is 1290. The van der Waals surface area contributed by atoms with Crippen LogP contribution in [0.1, 0.15) is 30.9 Å². The molecule has 0 N–H and O–H groups in total. The minimum absolute atomic E-state index is 0.212. The van der Waals surface area contributed by atoms with Crippen molar-refractivity contribution in [1.29, 1.82) is 0 Å². The molecule has 0 bridgehead atoms. The minimum Gasteiger partial charge on any atom is -0.493 e. The molecular formula is C28H30N4O3S. The molecule has 0 spiro atoms. The Morgan fingerprint density at radius 3 is 2.69 bits per heavy atom. The number of aliphatic imine (C=N–C) groups is 1. The fraction of sp³-hybridized carbons (Fsp3) is 0.321. The number of carbonyl (C=O) groups is 1. The van der Waals surface area contributed by atoms with E-state index >= 15 is 0 Å². The molecule has 2 aliphatic rings. The molecule has 1 aromatic heterocycles. The van der Waals surface area contributed by atoms with E-state index in [1.54, 1.807) is 0 Å². The van der Waals surface area contributed by atoms with Gasteiger partial charge in [0, 0.05) is 30.4 Å². The van der Waals surface area contributed by atoms with Gasteiger partial charge in [0.05, 0.1) is 30.4 Å². The maximum Gasteiger partial charge on any atom is 0.286 e. The molecule has 36 heavy (non-hydrogen) atoms. The van der Waals surface area contributed by atoms with Gasteiger partial charge in [-0.1, -0.05) is 31.5 Å². The van der Waals surface area contributed by atoms with Crippen LogP contribution in [0.5, 0.6) is 5.75 Å². The van der Waals surface area contributed by atoms with E-state index < -0.39 is 0 Å². The number of amidine groups is 1. The standard InChI is InChI=1S/C28H30N4O3S/c1-3-4-14-35-24-11-10-21(17-20(24)2)26-22(19-32(30-26)23-8-6-5-7-9-23)18-25-27(33)29-28(36-25)31-12-15-34-16-13-31/h5-11,17-19H,3-4,12-16H2,1-2H3. The number of para-hydroxylation sites is 1. The summed E-state index contributed by atoms with van der Waals surface area (Å²) in [5.74, 6) is 0.676. The van der Waals surface area contributed by atoms with Crippen molar-refractivity contribution in [1.82, 2.24) is 14.7 Å². The van der Waals surface area contributed by atoms with Gasteiger partial charge in [0.25, 0.3) is 5.91 Å². The molecule has 1 amide bonds. The van der Waals surface area contributed by atoms with Gasteiger partial charge >= 0.3 is 0 Å². The Morgan fingerprint density at radius 1 is 1.14 bits per heavy atom. The first-order valence-electron chi connectivity index (χ1n) is 12.4. The van der Waals surface area contributed by atoms with Crippen molar-refractivity contribution in [2.45, 2.75) is 26.7 Å². The molecule has 0 atom stereocenters. The highest BCUT2D eigenvalue weighted by molar-refractivity contribution is 8.18. The van der Waals surface area contributed by atoms with E-state index in [4.69, 9.17) is 14.6 Å². The van der Waals surface area contributed by atoms with Gasteiger partial charge in [-0.2, -0.15) is 10.1 Å². The van der Waals surface area contributed by atoms with E-state index in [-0.39, 0.29) is 5.91 Å². The smallest absolute Gasteiger partial charge is 0.286 e. The van der Waals surface area contributed by atoms with Gasteiger partial charge in [-0.25, -0.2) is 4.68 Å². The number of morpholine rings is 1. The van der Waals surface area contributed by atoms with Crippen LogP contribution in [0, 0.1) is 6.92 Å². The third-order valence-electron chi connectivity index (χ3n) is 6.14. The van der Waals surface area contributed by atoms with Gasteiger partial charge in [0.1, 0.15) is 11.4 Å². The molecular weight excluding hydrogens is 472 g/mol. The van der Waals surface area contributed by atoms with Crippen molar-refractivity contribution < 1.29 is 14.3 Å². The van der Waals surface area contributed by atoms with Crippen molar-refractivity contribution in [3.05, 3.63) is 70.8 Å². The fourth-order valence-electron chi connectivity index (χ4n) is 4.14. The second-order valence-corrected chi connectivity index (χ2v) is 9.81. The molecule has 1 fully saturated rings. The van der Waals surface area contributed by atoms with E-state index in [1.807, 2.05) is 59.4 Å². The average Bonchev–Trinajstić information content (AvgIpc) is 3.50. The summed E-state index contributed by atoms with van der Waals surface area (Å²) in [5.41, 5.74) is 4.66. The first kappa shape index (κ1) is 24.3. The molecule has 0 radical (unpaired) electrons. The van der Waals surface area contributed by atoms with Crippen LogP contribution in [-0.2, 0) is 9.53 Å². The highest BCUT2D eigenvalue weighted by atomic mass is 32.2. The zero-order valence-electron chi connectivity index (χ0n) is 20.6. The van der Waals surface area contributed by atoms with E-state index in [0.29, 0.717) is 24.7 Å². The lowest BCUT2D eigenvalue weighted by Crippen LogP contribution is -2.38. The Kier molecular flexibility index (Phi) is 7.53. The SMILES string of the molecule is CCCCOc1ccc(-c2nn(-c3ccccc3)cc2C=C2SC(N3CCOCC3)=NC2=O)cc1C. The van der Waals surface area contributed by atoms with Gasteiger partial charge < -0.3 is 14.4 Å². The van der Waals surface area contributed by atoms with Gasteiger partial charge in [-0.15, -0.1) is 0 Å². The van der Waals surface area contributed by atoms with Crippen molar-refractivity contribution in [2.75, 3.05) is 32.9 Å². The molecule has 0 unspecified atom stereocenters. The topological polar surface area (TPSA) is 68.9 Å². The lowest BCUT2D eigenvalue weighted by molar-refractivity contribution is -0.113. The third-order valence-corrected chi connectivity index (χ3v) is 7.19. The first-order chi connectivity index (χ1) is 17.6. The number of hydrogen-bond acceptors (Lipinski definition) is 6. The molecule has 3 aromatic rings. The Labute approximate surface area is 215 Å². The molecule has 8 heteroatoms. The van der Waals surface area contributed by atoms with Crippen LogP contribution in [0.2, 0.25) is 0 Å². The number of amides is 1. The number of aromatic nitrogens is 2.